The fourth-order valence-corrected chi connectivity index (χ4v) is 7.58. The molecule has 67 heavy (non-hydrogen) atoms. The summed E-state index contributed by atoms with van der Waals surface area (Å²) in [5.74, 6) is -0.975. The van der Waals surface area contributed by atoms with Crippen molar-refractivity contribution in [2.45, 2.75) is 271 Å². The van der Waals surface area contributed by atoms with Gasteiger partial charge in [0.15, 0.2) is 6.10 Å². The maximum absolute atomic E-state index is 12.8. The molecule has 0 spiro atoms. The molecule has 0 saturated carbocycles. The van der Waals surface area contributed by atoms with Crippen LogP contribution in [0.4, 0.5) is 0 Å². The third-order valence-corrected chi connectivity index (χ3v) is 11.8. The maximum Gasteiger partial charge on any atom is 0.306 e. The highest BCUT2D eigenvalue weighted by Gasteiger charge is 2.19. The molecule has 6 nitrogen and oxygen atoms in total. The normalized spacial score (nSPS) is 12.7. The molecule has 0 saturated heterocycles. The number of unbranched alkanes of at least 4 members (excludes halogenated alkanes) is 25. The standard InChI is InChI=1S/C61H104O6/c1-4-7-10-13-16-19-22-25-28-30-33-35-38-41-44-47-50-53-59(62)65-56-58(67-61(64)55-52-49-46-43-40-37-32-27-24-21-18-15-12-9-6-3)57-66-60(63)54-51-48-45-42-39-36-34-31-29-26-23-20-17-14-11-8-5-2/h16,18-19,21,25-29,32,34,36,42,45,58H,4-15,17,20,22-24,30-31,33,35,37-41,43-44,46-57H2,1-3H3/b19-16-,21-18-,28-25-,29-26-,32-27-,36-34-,45-42-/t58-/m1/s1. The van der Waals surface area contributed by atoms with E-state index in [1.54, 1.807) is 0 Å². The van der Waals surface area contributed by atoms with Gasteiger partial charge in [0.1, 0.15) is 13.2 Å². The van der Waals surface area contributed by atoms with Crippen LogP contribution in [0.25, 0.3) is 0 Å². The van der Waals surface area contributed by atoms with Gasteiger partial charge in [0.2, 0.25) is 0 Å². The molecule has 0 aromatic carbocycles. The minimum Gasteiger partial charge on any atom is -0.462 e. The molecule has 0 aliphatic carbocycles. The highest BCUT2D eigenvalue weighted by molar-refractivity contribution is 5.71. The molecule has 0 aliphatic rings. The first-order valence-corrected chi connectivity index (χ1v) is 28.1. The Hall–Kier alpha value is -3.41. The Kier molecular flexibility index (Phi) is 52.4. The second-order valence-electron chi connectivity index (χ2n) is 18.5. The van der Waals surface area contributed by atoms with Crippen LogP contribution in [0.15, 0.2) is 85.1 Å². The molecule has 0 amide bonds. The third-order valence-electron chi connectivity index (χ3n) is 11.8. The average Bonchev–Trinajstić information content (AvgIpc) is 3.33. The molecule has 0 bridgehead atoms. The first-order chi connectivity index (χ1) is 33.0. The van der Waals surface area contributed by atoms with Gasteiger partial charge < -0.3 is 14.2 Å². The molecule has 1 atom stereocenters. The lowest BCUT2D eigenvalue weighted by atomic mass is 10.1. The fraction of sp³-hybridized carbons (Fsp3) is 0.721. The summed E-state index contributed by atoms with van der Waals surface area (Å²) in [5, 5.41) is 0. The fourth-order valence-electron chi connectivity index (χ4n) is 7.58. The lowest BCUT2D eigenvalue weighted by Gasteiger charge is -2.18. The highest BCUT2D eigenvalue weighted by Crippen LogP contribution is 2.14. The van der Waals surface area contributed by atoms with Gasteiger partial charge in [-0.2, -0.15) is 0 Å². The topological polar surface area (TPSA) is 78.9 Å². The van der Waals surface area contributed by atoms with Crippen molar-refractivity contribution in [2.75, 3.05) is 13.2 Å². The smallest absolute Gasteiger partial charge is 0.306 e. The van der Waals surface area contributed by atoms with Crippen LogP contribution in [0, 0.1) is 0 Å². The zero-order valence-electron chi connectivity index (χ0n) is 43.9. The summed E-state index contributed by atoms with van der Waals surface area (Å²) in [5.41, 5.74) is 0. The van der Waals surface area contributed by atoms with Gasteiger partial charge in [-0.05, 0) is 116 Å². The van der Waals surface area contributed by atoms with Gasteiger partial charge >= 0.3 is 17.9 Å². The van der Waals surface area contributed by atoms with E-state index in [0.29, 0.717) is 19.3 Å². The van der Waals surface area contributed by atoms with Crippen molar-refractivity contribution in [1.82, 2.24) is 0 Å². The molecule has 6 heteroatoms. The predicted octanol–water partition coefficient (Wildman–Crippen LogP) is 18.8. The molecule has 0 rings (SSSR count). The van der Waals surface area contributed by atoms with E-state index in [1.807, 2.05) is 0 Å². The summed E-state index contributed by atoms with van der Waals surface area (Å²) in [4.78, 5) is 38.1. The molecule has 0 unspecified atom stereocenters. The number of rotatable bonds is 50. The number of hydrogen-bond acceptors (Lipinski definition) is 6. The Labute approximate surface area is 414 Å². The van der Waals surface area contributed by atoms with E-state index in [0.717, 1.165) is 96.3 Å². The Bertz CT molecular complexity index is 1300. The van der Waals surface area contributed by atoms with Gasteiger partial charge in [0.25, 0.3) is 0 Å². The molecule has 0 heterocycles. The zero-order valence-corrected chi connectivity index (χ0v) is 43.9. The van der Waals surface area contributed by atoms with E-state index < -0.39 is 6.10 Å². The van der Waals surface area contributed by atoms with Gasteiger partial charge in [0, 0.05) is 19.3 Å². The average molecular weight is 933 g/mol. The Morgan fingerprint density at radius 2 is 0.552 bits per heavy atom. The van der Waals surface area contributed by atoms with Gasteiger partial charge in [-0.1, -0.05) is 215 Å². The summed E-state index contributed by atoms with van der Waals surface area (Å²) in [6.07, 6.45) is 71.4. The molecular formula is C61H104O6. The molecule has 0 radical (unpaired) electrons. The number of esters is 3. The van der Waals surface area contributed by atoms with Crippen molar-refractivity contribution in [3.8, 4) is 0 Å². The maximum atomic E-state index is 12.8. The van der Waals surface area contributed by atoms with Gasteiger partial charge in [-0.15, -0.1) is 0 Å². The Morgan fingerprint density at radius 3 is 0.925 bits per heavy atom. The number of ether oxygens (including phenoxy) is 3. The van der Waals surface area contributed by atoms with Crippen LogP contribution >= 0.6 is 0 Å². The van der Waals surface area contributed by atoms with E-state index in [9.17, 15) is 14.4 Å². The molecule has 384 valence electrons. The van der Waals surface area contributed by atoms with E-state index in [-0.39, 0.29) is 37.5 Å². The molecule has 0 aliphatic heterocycles. The largest absolute Gasteiger partial charge is 0.462 e. The minimum atomic E-state index is -0.808. The van der Waals surface area contributed by atoms with Crippen LogP contribution in [0.5, 0.6) is 0 Å². The van der Waals surface area contributed by atoms with Crippen LogP contribution in [0.1, 0.15) is 265 Å². The van der Waals surface area contributed by atoms with Crippen LogP contribution in [-0.4, -0.2) is 37.2 Å². The summed E-state index contributed by atoms with van der Waals surface area (Å²) < 4.78 is 16.8. The van der Waals surface area contributed by atoms with Crippen molar-refractivity contribution in [3.63, 3.8) is 0 Å². The first kappa shape index (κ1) is 63.6. The van der Waals surface area contributed by atoms with E-state index >= 15 is 0 Å². The number of allylic oxidation sites excluding steroid dienone is 14. The monoisotopic (exact) mass is 933 g/mol. The number of carbonyl (C=O) groups is 3. The molecule has 0 fully saturated rings. The van der Waals surface area contributed by atoms with E-state index in [4.69, 9.17) is 14.2 Å². The van der Waals surface area contributed by atoms with E-state index in [2.05, 4.69) is 106 Å². The molecule has 0 N–H and O–H groups in total. The Balaban J connectivity index is 4.49. The molecular weight excluding hydrogens is 829 g/mol. The zero-order chi connectivity index (χ0) is 48.6. The second-order valence-corrected chi connectivity index (χ2v) is 18.5. The quantitative estimate of drug-likeness (QED) is 0.0262. The van der Waals surface area contributed by atoms with Crippen molar-refractivity contribution in [1.29, 1.82) is 0 Å². The number of hydrogen-bond donors (Lipinski definition) is 0. The predicted molar refractivity (Wildman–Crippen MR) is 288 cm³/mol. The third kappa shape index (κ3) is 53.4. The lowest BCUT2D eigenvalue weighted by Crippen LogP contribution is -2.30. The van der Waals surface area contributed by atoms with Crippen LogP contribution in [-0.2, 0) is 28.6 Å². The lowest BCUT2D eigenvalue weighted by molar-refractivity contribution is -0.167. The van der Waals surface area contributed by atoms with Crippen molar-refractivity contribution in [2.24, 2.45) is 0 Å². The summed E-state index contributed by atoms with van der Waals surface area (Å²) >= 11 is 0. The van der Waals surface area contributed by atoms with Gasteiger partial charge in [-0.3, -0.25) is 14.4 Å². The first-order valence-electron chi connectivity index (χ1n) is 28.1. The number of carbonyl (C=O) groups excluding carboxylic acids is 3. The second kappa shape index (κ2) is 55.2. The van der Waals surface area contributed by atoms with Crippen molar-refractivity contribution in [3.05, 3.63) is 85.1 Å². The van der Waals surface area contributed by atoms with Crippen LogP contribution in [0.3, 0.4) is 0 Å². The van der Waals surface area contributed by atoms with Crippen LogP contribution < -0.4 is 0 Å². The SMILES string of the molecule is CCCCC/C=C\C/C=C\CCCCCCCCCC(=O)OC[C@H](COC(=O)CCC/C=C\C/C=C\C/C=C\CCCCCCCC)OC(=O)CCCCCCC/C=C\C/C=C\CCCCC. The molecule has 0 aromatic heterocycles. The highest BCUT2D eigenvalue weighted by atomic mass is 16.6. The summed E-state index contributed by atoms with van der Waals surface area (Å²) in [6, 6.07) is 0. The van der Waals surface area contributed by atoms with Crippen LogP contribution in [0.2, 0.25) is 0 Å². The summed E-state index contributed by atoms with van der Waals surface area (Å²) in [7, 11) is 0. The molecule has 0 aromatic rings. The van der Waals surface area contributed by atoms with Crippen molar-refractivity contribution >= 4 is 17.9 Å². The van der Waals surface area contributed by atoms with Gasteiger partial charge in [-0.25, -0.2) is 0 Å². The van der Waals surface area contributed by atoms with E-state index in [1.165, 1.54) is 122 Å². The minimum absolute atomic E-state index is 0.102. The van der Waals surface area contributed by atoms with Gasteiger partial charge in [0.05, 0.1) is 0 Å². The van der Waals surface area contributed by atoms with Crippen molar-refractivity contribution < 1.29 is 28.6 Å². The Morgan fingerprint density at radius 1 is 0.299 bits per heavy atom. The summed E-state index contributed by atoms with van der Waals surface area (Å²) in [6.45, 7) is 6.53.